The molecule has 5 heterocycles. The lowest BCUT2D eigenvalue weighted by Gasteiger charge is -2.40. The largest absolute Gasteiger partial charge is 0.368 e. The van der Waals surface area contributed by atoms with Crippen LogP contribution >= 0.6 is 0 Å². The van der Waals surface area contributed by atoms with Gasteiger partial charge in [0.15, 0.2) is 0 Å². The number of hydrogen-bond acceptors (Lipinski definition) is 8. The van der Waals surface area contributed by atoms with E-state index in [1.54, 1.807) is 0 Å². The summed E-state index contributed by atoms with van der Waals surface area (Å²) in [6, 6.07) is 3.93. The summed E-state index contributed by atoms with van der Waals surface area (Å²) < 4.78 is 0. The summed E-state index contributed by atoms with van der Waals surface area (Å²) in [5.41, 5.74) is 2.23. The van der Waals surface area contributed by atoms with Gasteiger partial charge in [0, 0.05) is 51.0 Å². The summed E-state index contributed by atoms with van der Waals surface area (Å²) in [6.45, 7) is 5.60. The summed E-state index contributed by atoms with van der Waals surface area (Å²) in [6.07, 6.45) is 5.40. The van der Waals surface area contributed by atoms with E-state index in [2.05, 4.69) is 48.4 Å². The number of pyridine rings is 1. The molecule has 1 atom stereocenters. The molecule has 0 aliphatic carbocycles. The Morgan fingerprint density at radius 2 is 1.97 bits per heavy atom. The number of aromatic nitrogens is 3. The summed E-state index contributed by atoms with van der Waals surface area (Å²) in [5.74, 6) is 2.18. The summed E-state index contributed by atoms with van der Waals surface area (Å²) in [5, 5.41) is 6.16. The number of anilines is 4. The average molecular weight is 394 g/mol. The minimum absolute atomic E-state index is 0.0937. The van der Waals surface area contributed by atoms with Crippen molar-refractivity contribution in [2.24, 2.45) is 0 Å². The quantitative estimate of drug-likeness (QED) is 0.783. The zero-order valence-electron chi connectivity index (χ0n) is 16.6. The summed E-state index contributed by atoms with van der Waals surface area (Å²) in [4.78, 5) is 32.7. The number of fused-ring (bicyclic) bond motifs is 3. The molecule has 152 valence electrons. The van der Waals surface area contributed by atoms with E-state index >= 15 is 0 Å². The maximum Gasteiger partial charge on any atom is 0.242 e. The fourth-order valence-corrected chi connectivity index (χ4v) is 4.26. The van der Waals surface area contributed by atoms with E-state index in [0.29, 0.717) is 18.3 Å². The molecule has 0 aromatic carbocycles. The Balaban J connectivity index is 1.31. The topological polar surface area (TPSA) is 89.5 Å². The van der Waals surface area contributed by atoms with Crippen LogP contribution in [-0.2, 0) is 11.2 Å². The highest BCUT2D eigenvalue weighted by molar-refractivity contribution is 5.87. The van der Waals surface area contributed by atoms with Crippen LogP contribution in [0.15, 0.2) is 24.5 Å². The van der Waals surface area contributed by atoms with Gasteiger partial charge in [0.05, 0.1) is 11.9 Å². The van der Waals surface area contributed by atoms with E-state index in [-0.39, 0.29) is 11.9 Å². The first-order valence-corrected chi connectivity index (χ1v) is 10.2. The number of rotatable bonds is 3. The van der Waals surface area contributed by atoms with Crippen LogP contribution in [0.5, 0.6) is 0 Å². The van der Waals surface area contributed by atoms with Crippen molar-refractivity contribution in [1.82, 2.24) is 25.2 Å². The number of nitrogens with zero attached hydrogens (tertiary/aromatic N) is 6. The number of hydrogen-bond donors (Lipinski definition) is 2. The predicted molar refractivity (Wildman–Crippen MR) is 112 cm³/mol. The molecule has 0 bridgehead atoms. The second-order valence-electron chi connectivity index (χ2n) is 7.90. The molecule has 1 unspecified atom stereocenters. The number of likely N-dealkylation sites (N-methyl/N-ethyl adjacent to an activating group) is 1. The normalized spacial score (nSPS) is 22.0. The molecule has 29 heavy (non-hydrogen) atoms. The highest BCUT2D eigenvalue weighted by Crippen LogP contribution is 2.30. The molecule has 0 spiro atoms. The van der Waals surface area contributed by atoms with E-state index in [0.717, 1.165) is 62.6 Å². The second kappa shape index (κ2) is 7.47. The molecule has 9 nitrogen and oxygen atoms in total. The molecule has 9 heteroatoms. The highest BCUT2D eigenvalue weighted by Gasteiger charge is 2.35. The molecule has 2 aromatic heterocycles. The first-order valence-electron chi connectivity index (χ1n) is 10.2. The van der Waals surface area contributed by atoms with Gasteiger partial charge in [0.2, 0.25) is 11.9 Å². The number of amides is 1. The van der Waals surface area contributed by atoms with E-state index in [1.807, 2.05) is 18.5 Å². The van der Waals surface area contributed by atoms with Gasteiger partial charge in [0.1, 0.15) is 17.7 Å². The molecular weight excluding hydrogens is 368 g/mol. The first-order chi connectivity index (χ1) is 14.2. The number of piperazine rings is 2. The van der Waals surface area contributed by atoms with Crippen LogP contribution in [0.3, 0.4) is 0 Å². The van der Waals surface area contributed by atoms with Gasteiger partial charge in [-0.2, -0.15) is 4.98 Å². The predicted octanol–water partition coefficient (Wildman–Crippen LogP) is 0.618. The van der Waals surface area contributed by atoms with Crippen molar-refractivity contribution >= 4 is 29.2 Å². The van der Waals surface area contributed by atoms with Crippen LogP contribution < -0.4 is 20.4 Å². The standard InChI is InChI=1S/C20H26N8O/c1-26-8-10-27(11-9-26)15-3-5-17(22-13-15)24-20-23-12-14-2-4-16-19(29)21-6-7-28(16)18(14)25-20/h3,5,12-13,16H,2,4,6-11H2,1H3,(H,21,29)(H,22,23,24,25). The fraction of sp³-hybridized carbons (Fsp3) is 0.500. The van der Waals surface area contributed by atoms with Gasteiger partial charge in [-0.05, 0) is 32.0 Å². The Hall–Kier alpha value is -2.94. The van der Waals surface area contributed by atoms with Gasteiger partial charge < -0.3 is 25.3 Å². The maximum atomic E-state index is 12.2. The molecule has 2 aromatic rings. The Bertz CT molecular complexity index is 894. The van der Waals surface area contributed by atoms with Gasteiger partial charge in [-0.15, -0.1) is 0 Å². The van der Waals surface area contributed by atoms with Crippen LogP contribution in [0.1, 0.15) is 12.0 Å². The van der Waals surface area contributed by atoms with Gasteiger partial charge in [-0.1, -0.05) is 0 Å². The lowest BCUT2D eigenvalue weighted by molar-refractivity contribution is -0.123. The van der Waals surface area contributed by atoms with Crippen molar-refractivity contribution in [3.63, 3.8) is 0 Å². The van der Waals surface area contributed by atoms with Crippen molar-refractivity contribution in [3.05, 3.63) is 30.1 Å². The smallest absolute Gasteiger partial charge is 0.242 e. The van der Waals surface area contributed by atoms with Crippen LogP contribution in [0, 0.1) is 0 Å². The molecule has 0 radical (unpaired) electrons. The molecule has 2 fully saturated rings. The van der Waals surface area contributed by atoms with Gasteiger partial charge in [-0.25, -0.2) is 9.97 Å². The molecule has 3 aliphatic rings. The van der Waals surface area contributed by atoms with E-state index in [1.165, 1.54) is 0 Å². The Labute approximate surface area is 170 Å². The fourth-order valence-electron chi connectivity index (χ4n) is 4.26. The molecule has 2 saturated heterocycles. The lowest BCUT2D eigenvalue weighted by Crippen LogP contribution is -2.57. The van der Waals surface area contributed by atoms with E-state index < -0.39 is 0 Å². The Morgan fingerprint density at radius 1 is 1.10 bits per heavy atom. The summed E-state index contributed by atoms with van der Waals surface area (Å²) >= 11 is 0. The van der Waals surface area contributed by atoms with Crippen molar-refractivity contribution in [2.45, 2.75) is 18.9 Å². The van der Waals surface area contributed by atoms with E-state index in [4.69, 9.17) is 4.98 Å². The van der Waals surface area contributed by atoms with Crippen LogP contribution in [0.4, 0.5) is 23.3 Å². The number of carbonyl (C=O) groups is 1. The van der Waals surface area contributed by atoms with Crippen molar-refractivity contribution in [1.29, 1.82) is 0 Å². The maximum absolute atomic E-state index is 12.2. The minimum atomic E-state index is -0.125. The first kappa shape index (κ1) is 18.1. The van der Waals surface area contributed by atoms with Gasteiger partial charge in [0.25, 0.3) is 0 Å². The molecule has 0 saturated carbocycles. The number of carbonyl (C=O) groups excluding carboxylic acids is 1. The molecule has 5 rings (SSSR count). The van der Waals surface area contributed by atoms with Crippen LogP contribution in [0.25, 0.3) is 0 Å². The highest BCUT2D eigenvalue weighted by atomic mass is 16.2. The van der Waals surface area contributed by atoms with Crippen molar-refractivity contribution in [3.8, 4) is 0 Å². The van der Waals surface area contributed by atoms with E-state index in [9.17, 15) is 4.79 Å². The monoisotopic (exact) mass is 394 g/mol. The zero-order chi connectivity index (χ0) is 19.8. The second-order valence-corrected chi connectivity index (χ2v) is 7.90. The van der Waals surface area contributed by atoms with Crippen LogP contribution in [0.2, 0.25) is 0 Å². The SMILES string of the molecule is CN1CCN(c2ccc(Nc3ncc4c(n3)N3CCNC(=O)C3CC4)nc2)CC1. The molecular formula is C20H26N8O. The number of nitrogens with one attached hydrogen (secondary N) is 2. The van der Waals surface area contributed by atoms with Gasteiger partial charge >= 0.3 is 0 Å². The Morgan fingerprint density at radius 3 is 2.76 bits per heavy atom. The third-order valence-corrected chi connectivity index (χ3v) is 5.99. The number of aryl methyl sites for hydroxylation is 1. The van der Waals surface area contributed by atoms with Crippen molar-refractivity contribution in [2.75, 3.05) is 61.4 Å². The molecule has 1 amide bonds. The van der Waals surface area contributed by atoms with Crippen LogP contribution in [-0.4, -0.2) is 78.1 Å². The third kappa shape index (κ3) is 3.57. The van der Waals surface area contributed by atoms with Crippen molar-refractivity contribution < 1.29 is 4.79 Å². The minimum Gasteiger partial charge on any atom is -0.368 e. The summed E-state index contributed by atoms with van der Waals surface area (Å²) in [7, 11) is 2.15. The lowest BCUT2D eigenvalue weighted by atomic mass is 9.97. The third-order valence-electron chi connectivity index (χ3n) is 5.99. The van der Waals surface area contributed by atoms with Gasteiger partial charge in [-0.3, -0.25) is 4.79 Å². The zero-order valence-corrected chi connectivity index (χ0v) is 16.6. The molecule has 3 aliphatic heterocycles. The Kier molecular flexibility index (Phi) is 4.67. The molecule has 2 N–H and O–H groups in total. The average Bonchev–Trinajstić information content (AvgIpc) is 2.75.